The van der Waals surface area contributed by atoms with Crippen molar-refractivity contribution in [2.75, 3.05) is 19.5 Å². The van der Waals surface area contributed by atoms with E-state index in [-0.39, 0.29) is 6.04 Å². The number of hydrogen-bond donors (Lipinski definition) is 2. The second kappa shape index (κ2) is 8.16. The van der Waals surface area contributed by atoms with E-state index < -0.39 is 0 Å². The Kier molecular flexibility index (Phi) is 5.41. The number of hydrogen-bond acceptors (Lipinski definition) is 7. The topological polar surface area (TPSA) is 97.8 Å². The maximum atomic E-state index is 6.62. The van der Waals surface area contributed by atoms with E-state index in [1.54, 1.807) is 32.9 Å². The number of aromatic amines is 1. The number of halogens is 1. The highest BCUT2D eigenvalue weighted by atomic mass is 35.5. The van der Waals surface area contributed by atoms with Gasteiger partial charge in [0.25, 0.3) is 0 Å². The SMILES string of the molecule is COc1cncc(-c2c(C)c(Cl)cc(C(C)Nc3ncnc4nc[nH]c34)c2OC)c1. The Bertz CT molecular complexity index is 1210. The van der Waals surface area contributed by atoms with Crippen molar-refractivity contribution in [1.82, 2.24) is 24.9 Å². The molecule has 0 aliphatic carbocycles. The van der Waals surface area contributed by atoms with E-state index in [4.69, 9.17) is 21.1 Å². The molecule has 0 bridgehead atoms. The molecular formula is C21H21ClN6O2. The summed E-state index contributed by atoms with van der Waals surface area (Å²) in [5.74, 6) is 2.01. The molecule has 0 aliphatic heterocycles. The number of pyridine rings is 1. The molecule has 1 aromatic carbocycles. The van der Waals surface area contributed by atoms with Crippen LogP contribution in [0.2, 0.25) is 5.02 Å². The van der Waals surface area contributed by atoms with Crippen LogP contribution in [0.25, 0.3) is 22.3 Å². The molecule has 0 aliphatic rings. The molecule has 9 heteroatoms. The molecule has 8 nitrogen and oxygen atoms in total. The van der Waals surface area contributed by atoms with Crippen LogP contribution in [0.1, 0.15) is 24.1 Å². The molecular weight excluding hydrogens is 404 g/mol. The average Bonchev–Trinajstić information content (AvgIpc) is 3.25. The number of methoxy groups -OCH3 is 2. The van der Waals surface area contributed by atoms with Crippen LogP contribution in [0.5, 0.6) is 11.5 Å². The van der Waals surface area contributed by atoms with E-state index in [1.807, 2.05) is 26.0 Å². The number of nitrogens with zero attached hydrogens (tertiary/aromatic N) is 4. The van der Waals surface area contributed by atoms with E-state index in [9.17, 15) is 0 Å². The Morgan fingerprint density at radius 2 is 1.93 bits per heavy atom. The molecule has 154 valence electrons. The van der Waals surface area contributed by atoms with Gasteiger partial charge in [0.05, 0.1) is 32.8 Å². The summed E-state index contributed by atoms with van der Waals surface area (Å²) in [6.45, 7) is 3.97. The minimum absolute atomic E-state index is 0.170. The summed E-state index contributed by atoms with van der Waals surface area (Å²) in [4.78, 5) is 20.0. The van der Waals surface area contributed by atoms with Gasteiger partial charge in [-0.15, -0.1) is 0 Å². The van der Waals surface area contributed by atoms with Crippen LogP contribution in [0, 0.1) is 6.92 Å². The summed E-state index contributed by atoms with van der Waals surface area (Å²) in [7, 11) is 3.26. The van der Waals surface area contributed by atoms with Gasteiger partial charge >= 0.3 is 0 Å². The van der Waals surface area contributed by atoms with Crippen molar-refractivity contribution in [2.24, 2.45) is 0 Å². The van der Waals surface area contributed by atoms with Crippen LogP contribution >= 0.6 is 11.6 Å². The number of ether oxygens (including phenoxy) is 2. The smallest absolute Gasteiger partial charge is 0.182 e. The molecule has 1 unspecified atom stereocenters. The first-order valence-electron chi connectivity index (χ1n) is 9.30. The lowest BCUT2D eigenvalue weighted by atomic mass is 9.94. The van der Waals surface area contributed by atoms with Crippen molar-refractivity contribution in [3.63, 3.8) is 0 Å². The van der Waals surface area contributed by atoms with Crippen LogP contribution in [0.4, 0.5) is 5.82 Å². The first kappa shape index (κ1) is 19.9. The van der Waals surface area contributed by atoms with E-state index >= 15 is 0 Å². The number of aromatic nitrogens is 5. The van der Waals surface area contributed by atoms with E-state index in [2.05, 4.69) is 30.2 Å². The fourth-order valence-electron chi connectivity index (χ4n) is 3.46. The molecule has 0 amide bonds. The van der Waals surface area contributed by atoms with Crippen LogP contribution in [-0.2, 0) is 0 Å². The fraction of sp³-hybridized carbons (Fsp3) is 0.238. The van der Waals surface area contributed by atoms with Gasteiger partial charge in [0.15, 0.2) is 11.5 Å². The molecule has 0 spiro atoms. The van der Waals surface area contributed by atoms with Gasteiger partial charge in [-0.2, -0.15) is 0 Å². The second-order valence-corrected chi connectivity index (χ2v) is 7.19. The molecule has 2 N–H and O–H groups in total. The van der Waals surface area contributed by atoms with Gasteiger partial charge in [-0.1, -0.05) is 11.6 Å². The lowest BCUT2D eigenvalue weighted by Gasteiger charge is -2.23. The largest absolute Gasteiger partial charge is 0.496 e. The van der Waals surface area contributed by atoms with Crippen molar-refractivity contribution >= 4 is 28.6 Å². The number of anilines is 1. The van der Waals surface area contributed by atoms with E-state index in [0.29, 0.717) is 28.0 Å². The molecule has 3 heterocycles. The molecule has 0 radical (unpaired) electrons. The Morgan fingerprint density at radius 1 is 1.10 bits per heavy atom. The van der Waals surface area contributed by atoms with Crippen LogP contribution in [0.3, 0.4) is 0 Å². The highest BCUT2D eigenvalue weighted by Gasteiger charge is 2.22. The predicted molar refractivity (Wildman–Crippen MR) is 116 cm³/mol. The van der Waals surface area contributed by atoms with Crippen LogP contribution in [0.15, 0.2) is 37.2 Å². The molecule has 0 saturated heterocycles. The van der Waals surface area contributed by atoms with Gasteiger partial charge < -0.3 is 19.8 Å². The van der Waals surface area contributed by atoms with Gasteiger partial charge in [0.2, 0.25) is 0 Å². The van der Waals surface area contributed by atoms with Crippen LogP contribution in [-0.4, -0.2) is 39.1 Å². The van der Waals surface area contributed by atoms with E-state index in [0.717, 1.165) is 27.8 Å². The highest BCUT2D eigenvalue weighted by Crippen LogP contribution is 2.43. The third-order valence-electron chi connectivity index (χ3n) is 4.99. The highest BCUT2D eigenvalue weighted by molar-refractivity contribution is 6.32. The first-order chi connectivity index (χ1) is 14.5. The zero-order valence-corrected chi connectivity index (χ0v) is 17.8. The monoisotopic (exact) mass is 424 g/mol. The van der Waals surface area contributed by atoms with Gasteiger partial charge in [-0.05, 0) is 31.5 Å². The van der Waals surface area contributed by atoms with Gasteiger partial charge in [0, 0.05) is 27.9 Å². The van der Waals surface area contributed by atoms with Crippen molar-refractivity contribution in [2.45, 2.75) is 19.9 Å². The first-order valence-corrected chi connectivity index (χ1v) is 9.68. The van der Waals surface area contributed by atoms with Crippen molar-refractivity contribution in [3.05, 3.63) is 53.3 Å². The van der Waals surface area contributed by atoms with Crippen molar-refractivity contribution in [1.29, 1.82) is 0 Å². The fourth-order valence-corrected chi connectivity index (χ4v) is 3.67. The molecule has 30 heavy (non-hydrogen) atoms. The summed E-state index contributed by atoms with van der Waals surface area (Å²) < 4.78 is 11.2. The zero-order valence-electron chi connectivity index (χ0n) is 17.0. The number of benzene rings is 1. The minimum Gasteiger partial charge on any atom is -0.496 e. The third kappa shape index (κ3) is 3.50. The van der Waals surface area contributed by atoms with Gasteiger partial charge in [0.1, 0.15) is 23.3 Å². The number of H-pyrrole nitrogens is 1. The second-order valence-electron chi connectivity index (χ2n) is 6.78. The van der Waals surface area contributed by atoms with Crippen molar-refractivity contribution < 1.29 is 9.47 Å². The Hall–Kier alpha value is -3.39. The lowest BCUT2D eigenvalue weighted by molar-refractivity contribution is 0.408. The number of fused-ring (bicyclic) bond motifs is 1. The molecule has 1 atom stereocenters. The Morgan fingerprint density at radius 3 is 2.70 bits per heavy atom. The summed E-state index contributed by atoms with van der Waals surface area (Å²) in [5, 5.41) is 4.04. The lowest BCUT2D eigenvalue weighted by Crippen LogP contribution is -2.11. The molecule has 0 fully saturated rings. The molecule has 3 aromatic heterocycles. The van der Waals surface area contributed by atoms with Crippen LogP contribution < -0.4 is 14.8 Å². The third-order valence-corrected chi connectivity index (χ3v) is 5.38. The summed E-state index contributed by atoms with van der Waals surface area (Å²) in [6.07, 6.45) is 6.49. The van der Waals surface area contributed by atoms with Gasteiger partial charge in [-0.3, -0.25) is 4.98 Å². The summed E-state index contributed by atoms with van der Waals surface area (Å²) in [5.41, 5.74) is 4.84. The standard InChI is InChI=1S/C21H21ClN6O2/c1-11-16(22)6-15(12(2)28-21-18-20(25-9-24-18)26-10-27-21)19(30-4)17(11)13-5-14(29-3)8-23-7-13/h5-10,12H,1-4H3,(H2,24,25,26,27,28). The molecule has 4 aromatic rings. The quantitative estimate of drug-likeness (QED) is 0.468. The average molecular weight is 425 g/mol. The number of nitrogens with one attached hydrogen (secondary N) is 2. The number of rotatable bonds is 6. The molecule has 4 rings (SSSR count). The number of imidazole rings is 1. The predicted octanol–water partition coefficient (Wildman–Crippen LogP) is 4.57. The summed E-state index contributed by atoms with van der Waals surface area (Å²) >= 11 is 6.62. The molecule has 0 saturated carbocycles. The Balaban J connectivity index is 1.81. The zero-order chi connectivity index (χ0) is 21.3. The van der Waals surface area contributed by atoms with E-state index in [1.165, 1.54) is 6.33 Å². The minimum atomic E-state index is -0.170. The van der Waals surface area contributed by atoms with Gasteiger partial charge in [-0.25, -0.2) is 15.0 Å². The van der Waals surface area contributed by atoms with Crippen molar-refractivity contribution in [3.8, 4) is 22.6 Å². The maximum absolute atomic E-state index is 6.62. The Labute approximate surface area is 178 Å². The summed E-state index contributed by atoms with van der Waals surface area (Å²) in [6, 6.07) is 3.65. The maximum Gasteiger partial charge on any atom is 0.182 e. The normalized spacial score (nSPS) is 12.0.